The van der Waals surface area contributed by atoms with Crippen molar-refractivity contribution in [3.63, 3.8) is 0 Å². The molecule has 0 aromatic heterocycles. The van der Waals surface area contributed by atoms with Gasteiger partial charge in [-0.05, 0) is 51.0 Å². The maximum atomic E-state index is 12.2. The van der Waals surface area contributed by atoms with E-state index < -0.39 is 13.7 Å². The van der Waals surface area contributed by atoms with E-state index in [2.05, 4.69) is 49.0 Å². The van der Waals surface area contributed by atoms with E-state index in [0.717, 1.165) is 36.4 Å². The first-order valence-electron chi connectivity index (χ1n) is 9.96. The normalized spacial score (nSPS) is 15.8. The van der Waals surface area contributed by atoms with E-state index in [-0.39, 0.29) is 6.09 Å². The molecular formula is C22H35N3O2Si. The fraction of sp³-hybridized carbons (Fsp3) is 0.591. The third kappa shape index (κ3) is 6.88. The van der Waals surface area contributed by atoms with Crippen LogP contribution in [0.4, 0.5) is 10.5 Å². The maximum absolute atomic E-state index is 12.2. The Balaban J connectivity index is 2.03. The van der Waals surface area contributed by atoms with Gasteiger partial charge in [0.15, 0.2) is 0 Å². The van der Waals surface area contributed by atoms with Gasteiger partial charge in [-0.15, -0.1) is 5.54 Å². The van der Waals surface area contributed by atoms with Crippen LogP contribution in [0.5, 0.6) is 0 Å². The molecule has 5 nitrogen and oxygen atoms in total. The van der Waals surface area contributed by atoms with Crippen LogP contribution < -0.4 is 5.73 Å². The Kier molecular flexibility index (Phi) is 6.84. The van der Waals surface area contributed by atoms with Crippen molar-refractivity contribution >= 4 is 19.9 Å². The summed E-state index contributed by atoms with van der Waals surface area (Å²) in [5, 5.41) is 0. The highest BCUT2D eigenvalue weighted by atomic mass is 28.3. The number of carbonyl (C=O) groups is 1. The Bertz CT molecular complexity index is 774. The molecule has 154 valence electrons. The standard InChI is InChI=1S/C22H35N3O2Si/c1-17-19(14-18(15-20(17)23)8-13-28(5,6)7)16-24-9-11-25(12-10-24)21(26)27-22(2,3)4/h14-15H,9-12,16,23H2,1-7H3. The number of rotatable bonds is 2. The van der Waals surface area contributed by atoms with Gasteiger partial charge in [0.25, 0.3) is 0 Å². The van der Waals surface area contributed by atoms with Gasteiger partial charge in [-0.1, -0.05) is 25.6 Å². The molecular weight excluding hydrogens is 366 g/mol. The minimum Gasteiger partial charge on any atom is -0.444 e. The molecule has 0 spiro atoms. The topological polar surface area (TPSA) is 58.8 Å². The molecule has 1 heterocycles. The summed E-state index contributed by atoms with van der Waals surface area (Å²) in [6, 6.07) is 4.14. The zero-order valence-electron chi connectivity index (χ0n) is 18.5. The van der Waals surface area contributed by atoms with Crippen molar-refractivity contribution in [1.82, 2.24) is 9.80 Å². The van der Waals surface area contributed by atoms with E-state index in [4.69, 9.17) is 10.5 Å². The van der Waals surface area contributed by atoms with Gasteiger partial charge >= 0.3 is 6.09 Å². The first-order valence-corrected chi connectivity index (χ1v) is 13.5. The summed E-state index contributed by atoms with van der Waals surface area (Å²) in [4.78, 5) is 16.4. The third-order valence-corrected chi connectivity index (χ3v) is 5.43. The lowest BCUT2D eigenvalue weighted by molar-refractivity contribution is 0.0139. The number of carbonyl (C=O) groups excluding carboxylic acids is 1. The quantitative estimate of drug-likeness (QED) is 0.464. The van der Waals surface area contributed by atoms with E-state index in [1.807, 2.05) is 26.8 Å². The van der Waals surface area contributed by atoms with Crippen LogP contribution in [0.2, 0.25) is 19.6 Å². The second-order valence-corrected chi connectivity index (χ2v) is 14.3. The second kappa shape index (κ2) is 8.58. The molecule has 0 saturated carbocycles. The van der Waals surface area contributed by atoms with E-state index in [9.17, 15) is 4.79 Å². The highest BCUT2D eigenvalue weighted by Crippen LogP contribution is 2.21. The zero-order chi connectivity index (χ0) is 21.1. The van der Waals surface area contributed by atoms with Crippen LogP contribution in [0.1, 0.15) is 37.5 Å². The summed E-state index contributed by atoms with van der Waals surface area (Å²) in [6.45, 7) is 18.3. The number of ether oxygens (including phenoxy) is 1. The monoisotopic (exact) mass is 401 g/mol. The molecule has 0 bridgehead atoms. The molecule has 1 saturated heterocycles. The Morgan fingerprint density at radius 1 is 1.18 bits per heavy atom. The van der Waals surface area contributed by atoms with Crippen LogP contribution in [-0.4, -0.2) is 55.7 Å². The molecule has 1 aromatic carbocycles. The van der Waals surface area contributed by atoms with Gasteiger partial charge < -0.3 is 15.4 Å². The maximum Gasteiger partial charge on any atom is 0.410 e. The lowest BCUT2D eigenvalue weighted by Crippen LogP contribution is -2.49. The van der Waals surface area contributed by atoms with Crippen molar-refractivity contribution in [3.8, 4) is 11.5 Å². The lowest BCUT2D eigenvalue weighted by atomic mass is 10.0. The first-order chi connectivity index (χ1) is 12.8. The number of nitrogens with two attached hydrogens (primary N) is 1. The number of nitrogens with zero attached hydrogens (tertiary/aromatic N) is 2. The Morgan fingerprint density at radius 3 is 2.32 bits per heavy atom. The Hall–Kier alpha value is -1.97. The second-order valence-electron chi connectivity index (χ2n) is 9.59. The molecule has 0 aliphatic carbocycles. The highest BCUT2D eigenvalue weighted by Gasteiger charge is 2.26. The van der Waals surface area contributed by atoms with Crippen LogP contribution in [-0.2, 0) is 11.3 Å². The van der Waals surface area contributed by atoms with E-state index in [1.165, 1.54) is 5.56 Å². The van der Waals surface area contributed by atoms with Crippen molar-refractivity contribution in [2.45, 2.75) is 59.5 Å². The Morgan fingerprint density at radius 2 is 1.79 bits per heavy atom. The first kappa shape index (κ1) is 22.3. The van der Waals surface area contributed by atoms with E-state index >= 15 is 0 Å². The fourth-order valence-electron chi connectivity index (χ4n) is 2.95. The van der Waals surface area contributed by atoms with Gasteiger partial charge in [0.2, 0.25) is 0 Å². The minimum atomic E-state index is -1.43. The largest absolute Gasteiger partial charge is 0.444 e. The van der Waals surface area contributed by atoms with Gasteiger partial charge in [0.1, 0.15) is 13.7 Å². The van der Waals surface area contributed by atoms with Crippen molar-refractivity contribution in [2.75, 3.05) is 31.9 Å². The molecule has 0 unspecified atom stereocenters. The van der Waals surface area contributed by atoms with Crippen molar-refractivity contribution < 1.29 is 9.53 Å². The fourth-order valence-corrected chi connectivity index (χ4v) is 3.47. The lowest BCUT2D eigenvalue weighted by Gasteiger charge is -2.35. The van der Waals surface area contributed by atoms with Crippen LogP contribution >= 0.6 is 0 Å². The number of piperazine rings is 1. The van der Waals surface area contributed by atoms with Gasteiger partial charge in [0.05, 0.1) is 0 Å². The minimum absolute atomic E-state index is 0.226. The van der Waals surface area contributed by atoms with Crippen LogP contribution in [0.3, 0.4) is 0 Å². The molecule has 6 heteroatoms. The van der Waals surface area contributed by atoms with Gasteiger partial charge in [0, 0.05) is 44.0 Å². The molecule has 1 aromatic rings. The summed E-state index contributed by atoms with van der Waals surface area (Å²) >= 11 is 0. The molecule has 2 N–H and O–H groups in total. The zero-order valence-corrected chi connectivity index (χ0v) is 19.5. The average molecular weight is 402 g/mol. The summed E-state index contributed by atoms with van der Waals surface area (Å²) in [5.41, 5.74) is 13.3. The number of nitrogen functional groups attached to an aromatic ring is 1. The van der Waals surface area contributed by atoms with E-state index in [1.54, 1.807) is 4.90 Å². The SMILES string of the molecule is Cc1c(N)cc(C#C[Si](C)(C)C)cc1CN1CCN(C(=O)OC(C)(C)C)CC1. The number of anilines is 1. The van der Waals surface area contributed by atoms with Crippen molar-refractivity contribution in [1.29, 1.82) is 0 Å². The molecule has 0 atom stereocenters. The predicted octanol–water partition coefficient (Wildman–Crippen LogP) is 3.86. The molecule has 1 aliphatic rings. The molecule has 0 radical (unpaired) electrons. The molecule has 1 amide bonds. The number of hydrogen-bond donors (Lipinski definition) is 1. The summed E-state index contributed by atoms with van der Waals surface area (Å²) in [6.07, 6.45) is -0.226. The summed E-state index contributed by atoms with van der Waals surface area (Å²) in [7, 11) is -1.43. The third-order valence-electron chi connectivity index (χ3n) is 4.56. The predicted molar refractivity (Wildman–Crippen MR) is 119 cm³/mol. The van der Waals surface area contributed by atoms with Gasteiger partial charge in [-0.2, -0.15) is 0 Å². The molecule has 1 aliphatic heterocycles. The molecule has 2 rings (SSSR count). The van der Waals surface area contributed by atoms with Crippen LogP contribution in [0, 0.1) is 18.4 Å². The number of amides is 1. The number of hydrogen-bond acceptors (Lipinski definition) is 4. The van der Waals surface area contributed by atoms with Crippen molar-refractivity contribution in [2.24, 2.45) is 0 Å². The Labute approximate surface area is 171 Å². The average Bonchev–Trinajstić information content (AvgIpc) is 2.55. The molecule has 1 fully saturated rings. The molecule has 28 heavy (non-hydrogen) atoms. The highest BCUT2D eigenvalue weighted by molar-refractivity contribution is 6.83. The smallest absolute Gasteiger partial charge is 0.410 e. The van der Waals surface area contributed by atoms with Crippen LogP contribution in [0.25, 0.3) is 0 Å². The summed E-state index contributed by atoms with van der Waals surface area (Å²) in [5.74, 6) is 3.32. The van der Waals surface area contributed by atoms with Crippen molar-refractivity contribution in [3.05, 3.63) is 28.8 Å². The van der Waals surface area contributed by atoms with Gasteiger partial charge in [-0.25, -0.2) is 4.79 Å². The van der Waals surface area contributed by atoms with Crippen LogP contribution in [0.15, 0.2) is 12.1 Å². The number of benzene rings is 1. The summed E-state index contributed by atoms with van der Waals surface area (Å²) < 4.78 is 5.48. The van der Waals surface area contributed by atoms with Gasteiger partial charge in [-0.3, -0.25) is 4.90 Å². The van der Waals surface area contributed by atoms with E-state index in [0.29, 0.717) is 13.1 Å².